The van der Waals surface area contributed by atoms with E-state index in [1.165, 1.54) is 26.4 Å². The van der Waals surface area contributed by atoms with E-state index in [1.54, 1.807) is 0 Å². The SMILES string of the molecule is CCCCC/C=C\CC(O)c1cccc(/C=C/CCCC(=O)OC)c1. The maximum absolute atomic E-state index is 11.0. The number of benzene rings is 1. The van der Waals surface area contributed by atoms with Gasteiger partial charge in [0, 0.05) is 6.42 Å². The van der Waals surface area contributed by atoms with E-state index in [1.807, 2.05) is 30.3 Å². The average Bonchev–Trinajstić information content (AvgIpc) is 2.64. The zero-order chi connectivity index (χ0) is 18.3. The number of esters is 1. The molecule has 1 atom stereocenters. The molecule has 0 aliphatic rings. The van der Waals surface area contributed by atoms with E-state index >= 15 is 0 Å². The molecular formula is C22H32O3. The van der Waals surface area contributed by atoms with Gasteiger partial charge in [0.25, 0.3) is 0 Å². The van der Waals surface area contributed by atoms with Crippen molar-refractivity contribution in [3.8, 4) is 0 Å². The highest BCUT2D eigenvalue weighted by Crippen LogP contribution is 2.19. The van der Waals surface area contributed by atoms with Crippen LogP contribution in [0.4, 0.5) is 0 Å². The smallest absolute Gasteiger partial charge is 0.305 e. The first-order chi connectivity index (χ1) is 12.2. The van der Waals surface area contributed by atoms with Crippen LogP contribution in [0.25, 0.3) is 6.08 Å². The molecule has 0 fully saturated rings. The van der Waals surface area contributed by atoms with Gasteiger partial charge < -0.3 is 9.84 Å². The second-order valence-corrected chi connectivity index (χ2v) is 6.26. The number of ether oxygens (including phenoxy) is 1. The molecule has 0 aromatic heterocycles. The van der Waals surface area contributed by atoms with Crippen molar-refractivity contribution in [2.75, 3.05) is 7.11 Å². The Hall–Kier alpha value is -1.87. The van der Waals surface area contributed by atoms with E-state index in [0.29, 0.717) is 12.8 Å². The van der Waals surface area contributed by atoms with Gasteiger partial charge in [0.15, 0.2) is 0 Å². The van der Waals surface area contributed by atoms with Gasteiger partial charge in [-0.3, -0.25) is 4.79 Å². The van der Waals surface area contributed by atoms with Crippen LogP contribution in [-0.2, 0) is 9.53 Å². The molecule has 25 heavy (non-hydrogen) atoms. The Morgan fingerprint density at radius 3 is 2.72 bits per heavy atom. The lowest BCUT2D eigenvalue weighted by Gasteiger charge is -2.09. The average molecular weight is 344 g/mol. The summed E-state index contributed by atoms with van der Waals surface area (Å²) in [5, 5.41) is 10.3. The van der Waals surface area contributed by atoms with Crippen molar-refractivity contribution in [1.29, 1.82) is 0 Å². The normalized spacial score (nSPS) is 12.8. The van der Waals surface area contributed by atoms with E-state index < -0.39 is 6.10 Å². The Morgan fingerprint density at radius 1 is 1.16 bits per heavy atom. The predicted molar refractivity (Wildman–Crippen MR) is 104 cm³/mol. The number of hydrogen-bond acceptors (Lipinski definition) is 3. The molecule has 0 radical (unpaired) electrons. The van der Waals surface area contributed by atoms with Crippen molar-refractivity contribution >= 4 is 12.0 Å². The molecular weight excluding hydrogens is 312 g/mol. The molecule has 0 saturated heterocycles. The van der Waals surface area contributed by atoms with Crippen molar-refractivity contribution in [3.05, 3.63) is 53.6 Å². The largest absolute Gasteiger partial charge is 0.469 e. The van der Waals surface area contributed by atoms with Gasteiger partial charge in [-0.25, -0.2) is 0 Å². The third kappa shape index (κ3) is 9.88. The van der Waals surface area contributed by atoms with Crippen molar-refractivity contribution in [3.63, 3.8) is 0 Å². The first-order valence-corrected chi connectivity index (χ1v) is 9.33. The molecule has 0 saturated carbocycles. The highest BCUT2D eigenvalue weighted by molar-refractivity contribution is 5.69. The summed E-state index contributed by atoms with van der Waals surface area (Å²) in [4.78, 5) is 11.0. The highest BCUT2D eigenvalue weighted by atomic mass is 16.5. The minimum atomic E-state index is -0.463. The van der Waals surface area contributed by atoms with E-state index in [4.69, 9.17) is 0 Å². The predicted octanol–water partition coefficient (Wildman–Crippen LogP) is 5.60. The van der Waals surface area contributed by atoms with Crippen molar-refractivity contribution in [2.24, 2.45) is 0 Å². The Kier molecular flexibility index (Phi) is 11.4. The zero-order valence-corrected chi connectivity index (χ0v) is 15.6. The molecule has 0 aliphatic carbocycles. The van der Waals surface area contributed by atoms with Gasteiger partial charge in [-0.05, 0) is 49.3 Å². The number of allylic oxidation sites excluding steroid dienone is 2. The van der Waals surface area contributed by atoms with Crippen LogP contribution in [0.1, 0.15) is 75.5 Å². The molecule has 138 valence electrons. The molecule has 1 unspecified atom stereocenters. The van der Waals surface area contributed by atoms with Gasteiger partial charge in [0.1, 0.15) is 0 Å². The second kappa shape index (κ2) is 13.4. The fourth-order valence-corrected chi connectivity index (χ4v) is 2.55. The van der Waals surface area contributed by atoms with Crippen LogP contribution < -0.4 is 0 Å². The van der Waals surface area contributed by atoms with Crippen LogP contribution in [0.2, 0.25) is 0 Å². The maximum atomic E-state index is 11.0. The van der Waals surface area contributed by atoms with Gasteiger partial charge in [-0.1, -0.05) is 62.3 Å². The van der Waals surface area contributed by atoms with Crippen LogP contribution in [0.15, 0.2) is 42.5 Å². The summed E-state index contributed by atoms with van der Waals surface area (Å²) >= 11 is 0. The van der Waals surface area contributed by atoms with Gasteiger partial charge >= 0.3 is 5.97 Å². The highest BCUT2D eigenvalue weighted by Gasteiger charge is 2.05. The Balaban J connectivity index is 2.41. The molecule has 0 bridgehead atoms. The molecule has 1 aromatic rings. The molecule has 3 heteroatoms. The number of aliphatic hydroxyl groups excluding tert-OH is 1. The van der Waals surface area contributed by atoms with E-state index in [9.17, 15) is 9.90 Å². The number of methoxy groups -OCH3 is 1. The van der Waals surface area contributed by atoms with Crippen LogP contribution in [0.5, 0.6) is 0 Å². The van der Waals surface area contributed by atoms with E-state index in [-0.39, 0.29) is 5.97 Å². The van der Waals surface area contributed by atoms with Crippen molar-refractivity contribution < 1.29 is 14.6 Å². The Morgan fingerprint density at radius 2 is 1.96 bits per heavy atom. The third-order valence-corrected chi connectivity index (χ3v) is 4.09. The fourth-order valence-electron chi connectivity index (χ4n) is 2.55. The lowest BCUT2D eigenvalue weighted by Crippen LogP contribution is -1.98. The van der Waals surface area contributed by atoms with Crippen molar-refractivity contribution in [1.82, 2.24) is 0 Å². The number of carbonyl (C=O) groups excluding carboxylic acids is 1. The summed E-state index contributed by atoms with van der Waals surface area (Å²) in [5.41, 5.74) is 2.01. The summed E-state index contributed by atoms with van der Waals surface area (Å²) in [6.45, 7) is 2.20. The van der Waals surface area contributed by atoms with E-state index in [0.717, 1.165) is 30.4 Å². The molecule has 0 amide bonds. The minimum absolute atomic E-state index is 0.165. The van der Waals surface area contributed by atoms with Crippen LogP contribution >= 0.6 is 0 Å². The van der Waals surface area contributed by atoms with Gasteiger partial charge in [0.05, 0.1) is 13.2 Å². The Bertz CT molecular complexity index is 546. The quantitative estimate of drug-likeness (QED) is 0.305. The Labute approximate surface area is 152 Å². The number of unbranched alkanes of at least 4 members (excludes halogenated alkanes) is 4. The fraction of sp³-hybridized carbons (Fsp3) is 0.500. The number of aliphatic hydroxyl groups is 1. The first-order valence-electron chi connectivity index (χ1n) is 9.33. The first kappa shape index (κ1) is 21.2. The van der Waals surface area contributed by atoms with Gasteiger partial charge in [0.2, 0.25) is 0 Å². The summed E-state index contributed by atoms with van der Waals surface area (Å²) in [6, 6.07) is 7.97. The van der Waals surface area contributed by atoms with Crippen LogP contribution in [0, 0.1) is 0 Å². The lowest BCUT2D eigenvalue weighted by molar-refractivity contribution is -0.140. The maximum Gasteiger partial charge on any atom is 0.305 e. The van der Waals surface area contributed by atoms with E-state index in [2.05, 4.69) is 29.9 Å². The second-order valence-electron chi connectivity index (χ2n) is 6.26. The summed E-state index contributed by atoms with van der Waals surface area (Å²) in [6.07, 6.45) is 15.4. The minimum Gasteiger partial charge on any atom is -0.469 e. The zero-order valence-electron chi connectivity index (χ0n) is 15.6. The molecule has 0 heterocycles. The molecule has 1 aromatic carbocycles. The van der Waals surface area contributed by atoms with Crippen LogP contribution in [-0.4, -0.2) is 18.2 Å². The monoisotopic (exact) mass is 344 g/mol. The summed E-state index contributed by atoms with van der Waals surface area (Å²) in [7, 11) is 1.41. The summed E-state index contributed by atoms with van der Waals surface area (Å²) in [5.74, 6) is -0.165. The molecule has 1 rings (SSSR count). The third-order valence-electron chi connectivity index (χ3n) is 4.09. The lowest BCUT2D eigenvalue weighted by atomic mass is 10.0. The van der Waals surface area contributed by atoms with Gasteiger partial charge in [-0.15, -0.1) is 0 Å². The number of rotatable bonds is 12. The molecule has 0 aliphatic heterocycles. The molecule has 3 nitrogen and oxygen atoms in total. The van der Waals surface area contributed by atoms with Gasteiger partial charge in [-0.2, -0.15) is 0 Å². The van der Waals surface area contributed by atoms with Crippen LogP contribution in [0.3, 0.4) is 0 Å². The topological polar surface area (TPSA) is 46.5 Å². The summed E-state index contributed by atoms with van der Waals surface area (Å²) < 4.78 is 4.62. The van der Waals surface area contributed by atoms with Crippen molar-refractivity contribution in [2.45, 2.75) is 64.4 Å². The number of carbonyl (C=O) groups is 1. The number of hydrogen-bond donors (Lipinski definition) is 1. The standard InChI is InChI=1S/C22H32O3/c1-3-4-5-6-7-10-16-21(23)20-15-12-14-19(18-20)13-9-8-11-17-22(24)25-2/h7,9-10,12-15,18,21,23H,3-6,8,11,16-17H2,1-2H3/b10-7-,13-9+. The molecule has 0 spiro atoms. The molecule has 1 N–H and O–H groups in total.